The normalized spacial score (nSPS) is 12.9. The van der Waals surface area contributed by atoms with Crippen LogP contribution in [-0.4, -0.2) is 75.3 Å². The quantitative estimate of drug-likeness (QED) is 0.0919. The molecule has 2 N–H and O–H groups in total. The monoisotopic (exact) mass is 702 g/mol. The molecule has 0 atom stereocenters. The molecule has 0 saturated heterocycles. The molecule has 258 valence electrons. The minimum atomic E-state index is -4.32. The van der Waals surface area contributed by atoms with Crippen LogP contribution in [0.15, 0.2) is 46.2 Å². The minimum Gasteiger partial charge on any atom is -0.506 e. The van der Waals surface area contributed by atoms with Gasteiger partial charge >= 0.3 is 11.9 Å². The van der Waals surface area contributed by atoms with Crippen LogP contribution in [0.1, 0.15) is 97.1 Å². The molecule has 3 aromatic carbocycles. The molecular weight excluding hydrogens is 664 g/mol. The van der Waals surface area contributed by atoms with E-state index >= 15 is 0 Å². The lowest BCUT2D eigenvalue weighted by atomic mass is 9.81. The van der Waals surface area contributed by atoms with Crippen LogP contribution in [0.3, 0.4) is 0 Å². The molecule has 0 saturated carbocycles. The summed E-state index contributed by atoms with van der Waals surface area (Å²) in [7, 11) is -8.65. The lowest BCUT2D eigenvalue weighted by molar-refractivity contribution is -0.142. The summed E-state index contributed by atoms with van der Waals surface area (Å²) in [5.74, 6) is -4.74. The summed E-state index contributed by atoms with van der Waals surface area (Å²) in [5, 5.41) is 22.3. The van der Waals surface area contributed by atoms with Gasteiger partial charge in [0, 0.05) is 35.7 Å². The van der Waals surface area contributed by atoms with Gasteiger partial charge in [-0.3, -0.25) is 19.2 Å². The Morgan fingerprint density at radius 1 is 0.604 bits per heavy atom. The van der Waals surface area contributed by atoms with Gasteiger partial charge in [0.05, 0.1) is 45.6 Å². The average Bonchev–Trinajstić information content (AvgIpc) is 3.03. The van der Waals surface area contributed by atoms with Crippen molar-refractivity contribution in [3.05, 3.63) is 58.7 Å². The molecule has 0 aromatic heterocycles. The van der Waals surface area contributed by atoms with E-state index in [4.69, 9.17) is 9.47 Å². The largest absolute Gasteiger partial charge is 0.506 e. The summed E-state index contributed by atoms with van der Waals surface area (Å²) >= 11 is 0. The van der Waals surface area contributed by atoms with Gasteiger partial charge in [-0.2, -0.15) is 0 Å². The molecule has 3 aromatic rings. The second-order valence-corrected chi connectivity index (χ2v) is 15.8. The Morgan fingerprint density at radius 3 is 1.31 bits per heavy atom. The second-order valence-electron chi connectivity index (χ2n) is 11.6. The van der Waals surface area contributed by atoms with Gasteiger partial charge in [-0.25, -0.2) is 16.8 Å². The van der Waals surface area contributed by atoms with E-state index in [2.05, 4.69) is 0 Å². The van der Waals surface area contributed by atoms with Gasteiger partial charge < -0.3 is 19.7 Å². The molecule has 1 aliphatic rings. The van der Waals surface area contributed by atoms with Gasteiger partial charge in [0.2, 0.25) is 0 Å². The first-order valence-electron chi connectivity index (χ1n) is 15.6. The van der Waals surface area contributed by atoms with Crippen LogP contribution in [0.25, 0.3) is 10.8 Å². The van der Waals surface area contributed by atoms with Crippen molar-refractivity contribution in [3.63, 3.8) is 0 Å². The number of esters is 2. The molecule has 0 spiro atoms. The molecule has 0 aliphatic heterocycles. The number of unbranched alkanes of at least 4 members (excludes halogenated alkanes) is 6. The Balaban J connectivity index is 1.70. The maximum atomic E-state index is 13.8. The van der Waals surface area contributed by atoms with Crippen molar-refractivity contribution in [2.75, 3.05) is 24.7 Å². The van der Waals surface area contributed by atoms with Gasteiger partial charge in [-0.15, -0.1) is 0 Å². The zero-order valence-corrected chi connectivity index (χ0v) is 28.4. The molecule has 48 heavy (non-hydrogen) atoms. The van der Waals surface area contributed by atoms with Crippen LogP contribution in [0.4, 0.5) is 0 Å². The van der Waals surface area contributed by atoms with Gasteiger partial charge in [0.25, 0.3) is 0 Å². The maximum Gasteiger partial charge on any atom is 0.302 e. The number of rotatable bonds is 16. The van der Waals surface area contributed by atoms with E-state index in [-0.39, 0.29) is 36.8 Å². The first kappa shape index (κ1) is 36.5. The third kappa shape index (κ3) is 8.04. The number of hydrogen-bond donors (Lipinski definition) is 2. The first-order chi connectivity index (χ1) is 22.7. The van der Waals surface area contributed by atoms with Crippen LogP contribution in [0.2, 0.25) is 0 Å². The number of hydrogen-bond acceptors (Lipinski definition) is 12. The molecule has 0 amide bonds. The molecule has 0 heterocycles. The number of sulfone groups is 2. The average molecular weight is 703 g/mol. The number of benzene rings is 3. The van der Waals surface area contributed by atoms with E-state index in [9.17, 15) is 46.2 Å². The van der Waals surface area contributed by atoms with Crippen molar-refractivity contribution in [2.45, 2.75) is 75.0 Å². The smallest absolute Gasteiger partial charge is 0.302 e. The molecule has 12 nitrogen and oxygen atoms in total. The van der Waals surface area contributed by atoms with Crippen molar-refractivity contribution in [3.8, 4) is 11.5 Å². The minimum absolute atomic E-state index is 0.104. The third-order valence-electron chi connectivity index (χ3n) is 8.08. The van der Waals surface area contributed by atoms with E-state index in [1.807, 2.05) is 0 Å². The Morgan fingerprint density at radius 2 is 0.958 bits per heavy atom. The molecule has 0 unspecified atom stereocenters. The number of phenolic OH excluding ortho intramolecular Hbond substituents is 2. The Hall–Kier alpha value is -4.30. The van der Waals surface area contributed by atoms with Crippen LogP contribution >= 0.6 is 0 Å². The van der Waals surface area contributed by atoms with E-state index in [0.717, 1.165) is 12.1 Å². The number of ketones is 2. The predicted molar refractivity (Wildman–Crippen MR) is 175 cm³/mol. The Labute approximate surface area is 278 Å². The fraction of sp³-hybridized carbons (Fsp3) is 0.412. The fourth-order valence-corrected chi connectivity index (χ4v) is 9.38. The highest BCUT2D eigenvalue weighted by Crippen LogP contribution is 2.45. The zero-order valence-electron chi connectivity index (χ0n) is 26.7. The SMILES string of the molecule is CC(=O)OCCCCCCS(=O)(=O)c1cc2c(cc1S(=O)(=O)CCCCCCOC(C)=O)C(=O)c1c(c(O)c3ccccc3c1O)C2=O. The molecule has 4 rings (SSSR count). The van der Waals surface area contributed by atoms with E-state index in [1.165, 1.54) is 26.0 Å². The standard InChI is InChI=1S/C34H38O12S2/c1-21(35)45-15-9-3-5-11-17-47(41,42)27-19-25-26(20-28(27)48(43,44)18-12-6-4-10-16-46-22(2)36)34(40)30-29(33(25)39)31(37)23-13-7-8-14-24(23)32(30)38/h7-8,13-14,19-20,37-38H,3-6,9-12,15-18H2,1-2H3. The summed E-state index contributed by atoms with van der Waals surface area (Å²) in [6.07, 6.45) is 3.30. The topological polar surface area (TPSA) is 195 Å². The van der Waals surface area contributed by atoms with Crippen molar-refractivity contribution >= 4 is 54.0 Å². The van der Waals surface area contributed by atoms with E-state index in [0.29, 0.717) is 38.5 Å². The lowest BCUT2D eigenvalue weighted by Crippen LogP contribution is -2.24. The predicted octanol–water partition coefficient (Wildman–Crippen LogP) is 4.82. The number of fused-ring (bicyclic) bond motifs is 3. The summed E-state index contributed by atoms with van der Waals surface area (Å²) in [6.45, 7) is 2.94. The first-order valence-corrected chi connectivity index (χ1v) is 18.9. The number of phenols is 2. The Bertz CT molecular complexity index is 1840. The second kappa shape index (κ2) is 15.3. The molecule has 0 radical (unpaired) electrons. The molecular formula is C34H38O12S2. The summed E-state index contributed by atoms with van der Waals surface area (Å²) in [5.41, 5.74) is -1.79. The molecule has 0 fully saturated rings. The zero-order chi connectivity index (χ0) is 35.2. The molecule has 1 aliphatic carbocycles. The van der Waals surface area contributed by atoms with Crippen LogP contribution in [0.5, 0.6) is 11.5 Å². The fourth-order valence-electron chi connectivity index (χ4n) is 5.68. The number of carbonyl (C=O) groups is 4. The summed E-state index contributed by atoms with van der Waals surface area (Å²) in [6, 6.07) is 7.82. The van der Waals surface area contributed by atoms with E-state index < -0.39 is 98.2 Å². The highest BCUT2D eigenvalue weighted by atomic mass is 32.2. The molecule has 0 bridgehead atoms. The van der Waals surface area contributed by atoms with Crippen LogP contribution in [0, 0.1) is 0 Å². The highest BCUT2D eigenvalue weighted by molar-refractivity contribution is 7.94. The number of aromatic hydroxyl groups is 2. The lowest BCUT2D eigenvalue weighted by Gasteiger charge is -2.23. The third-order valence-corrected chi connectivity index (χ3v) is 11.9. The summed E-state index contributed by atoms with van der Waals surface area (Å²) in [4.78, 5) is 48.3. The van der Waals surface area contributed by atoms with Gasteiger partial charge in [0.1, 0.15) is 11.5 Å². The van der Waals surface area contributed by atoms with Crippen molar-refractivity contribution in [2.24, 2.45) is 0 Å². The van der Waals surface area contributed by atoms with Gasteiger partial charge in [0.15, 0.2) is 31.2 Å². The molecule has 14 heteroatoms. The van der Waals surface area contributed by atoms with Crippen LogP contribution in [-0.2, 0) is 38.7 Å². The summed E-state index contributed by atoms with van der Waals surface area (Å²) < 4.78 is 64.7. The number of ether oxygens (including phenoxy) is 2. The maximum absolute atomic E-state index is 13.8. The van der Waals surface area contributed by atoms with Crippen molar-refractivity contribution < 1.29 is 55.7 Å². The van der Waals surface area contributed by atoms with Gasteiger partial charge in [-0.1, -0.05) is 49.9 Å². The number of carbonyl (C=O) groups excluding carboxylic acids is 4. The Kier molecular flexibility index (Phi) is 11.6. The van der Waals surface area contributed by atoms with Crippen molar-refractivity contribution in [1.29, 1.82) is 0 Å². The van der Waals surface area contributed by atoms with E-state index in [1.54, 1.807) is 12.1 Å². The van der Waals surface area contributed by atoms with Gasteiger partial charge in [-0.05, 0) is 37.8 Å². The highest BCUT2D eigenvalue weighted by Gasteiger charge is 2.39. The van der Waals surface area contributed by atoms with Crippen LogP contribution < -0.4 is 0 Å². The van der Waals surface area contributed by atoms with Crippen molar-refractivity contribution in [1.82, 2.24) is 0 Å².